The molecule has 0 saturated heterocycles. The Morgan fingerprint density at radius 2 is 1.47 bits per heavy atom. The van der Waals surface area contributed by atoms with E-state index >= 15 is 0 Å². The predicted octanol–water partition coefficient (Wildman–Crippen LogP) is 3.53. The van der Waals surface area contributed by atoms with Gasteiger partial charge in [0, 0.05) is 0 Å². The standard InChI is InChI=1S/C8H10F7N.ClH/c1-2-3-4-5(16)6(9,10)7(11,12)8(13,14)15;/h2,5H,1,3-4,16H2;1H/t5-;/m1./s1. The lowest BCUT2D eigenvalue weighted by Crippen LogP contribution is -2.60. The third kappa shape index (κ3) is 3.74. The number of alkyl halides is 7. The van der Waals surface area contributed by atoms with Crippen molar-refractivity contribution in [1.82, 2.24) is 0 Å². The van der Waals surface area contributed by atoms with Crippen LogP contribution in [-0.4, -0.2) is 24.1 Å². The Hall–Kier alpha value is -0.500. The molecule has 1 nitrogen and oxygen atoms in total. The number of halogens is 8. The summed E-state index contributed by atoms with van der Waals surface area (Å²) >= 11 is 0. The molecule has 0 bridgehead atoms. The van der Waals surface area contributed by atoms with E-state index in [1.807, 2.05) is 0 Å². The second kappa shape index (κ2) is 5.90. The molecule has 0 fully saturated rings. The first-order valence-electron chi connectivity index (χ1n) is 4.17. The smallest absolute Gasteiger partial charge is 0.322 e. The molecule has 2 N–H and O–H groups in total. The molecule has 0 amide bonds. The van der Waals surface area contributed by atoms with Crippen LogP contribution in [0.1, 0.15) is 12.8 Å². The fourth-order valence-electron chi connectivity index (χ4n) is 0.901. The summed E-state index contributed by atoms with van der Waals surface area (Å²) < 4.78 is 85.5. The van der Waals surface area contributed by atoms with E-state index in [1.54, 1.807) is 0 Å². The Bertz CT molecular complexity index is 251. The van der Waals surface area contributed by atoms with Crippen LogP contribution in [0.4, 0.5) is 30.7 Å². The molecule has 0 rings (SSSR count). The minimum absolute atomic E-state index is 0. The molecule has 0 saturated carbocycles. The summed E-state index contributed by atoms with van der Waals surface area (Å²) in [5.41, 5.74) is 4.64. The molecule has 0 aromatic rings. The van der Waals surface area contributed by atoms with Gasteiger partial charge in [0.15, 0.2) is 0 Å². The quantitative estimate of drug-likeness (QED) is 0.608. The highest BCUT2D eigenvalue weighted by Crippen LogP contribution is 2.48. The van der Waals surface area contributed by atoms with Crippen molar-refractivity contribution in [2.75, 3.05) is 0 Å². The van der Waals surface area contributed by atoms with Crippen LogP contribution in [0.15, 0.2) is 12.7 Å². The van der Waals surface area contributed by atoms with Gasteiger partial charge in [-0.3, -0.25) is 0 Å². The highest BCUT2D eigenvalue weighted by atomic mass is 35.5. The van der Waals surface area contributed by atoms with Crippen molar-refractivity contribution in [3.63, 3.8) is 0 Å². The van der Waals surface area contributed by atoms with Crippen molar-refractivity contribution in [3.05, 3.63) is 12.7 Å². The molecule has 0 aliphatic heterocycles. The molecule has 0 aromatic carbocycles. The molecular formula is C8H11ClF7N. The van der Waals surface area contributed by atoms with Crippen molar-refractivity contribution in [1.29, 1.82) is 0 Å². The van der Waals surface area contributed by atoms with Gasteiger partial charge in [0.05, 0.1) is 6.04 Å². The SMILES string of the molecule is C=CCC[C@@H](N)C(F)(F)C(F)(F)C(F)(F)F.Cl. The van der Waals surface area contributed by atoms with E-state index in [4.69, 9.17) is 0 Å². The van der Waals surface area contributed by atoms with Crippen molar-refractivity contribution in [2.45, 2.75) is 36.9 Å². The number of nitrogens with two attached hydrogens (primary N) is 1. The minimum Gasteiger partial charge on any atom is -0.322 e. The van der Waals surface area contributed by atoms with Gasteiger partial charge in [-0.05, 0) is 12.8 Å². The van der Waals surface area contributed by atoms with Gasteiger partial charge in [0.1, 0.15) is 0 Å². The lowest BCUT2D eigenvalue weighted by molar-refractivity contribution is -0.358. The first-order valence-corrected chi connectivity index (χ1v) is 4.17. The first kappa shape index (κ1) is 18.9. The van der Waals surface area contributed by atoms with Gasteiger partial charge < -0.3 is 5.73 Å². The molecular weight excluding hydrogens is 279 g/mol. The summed E-state index contributed by atoms with van der Waals surface area (Å²) in [6.07, 6.45) is -6.11. The van der Waals surface area contributed by atoms with Crippen LogP contribution in [0.2, 0.25) is 0 Å². The highest BCUT2D eigenvalue weighted by molar-refractivity contribution is 5.85. The molecule has 1 atom stereocenters. The molecule has 0 aliphatic rings. The topological polar surface area (TPSA) is 26.0 Å². The number of hydrogen-bond donors (Lipinski definition) is 1. The van der Waals surface area contributed by atoms with Gasteiger partial charge in [0.25, 0.3) is 0 Å². The summed E-state index contributed by atoms with van der Waals surface area (Å²) in [6.45, 7) is 3.12. The zero-order chi connectivity index (χ0) is 13.2. The molecule has 17 heavy (non-hydrogen) atoms. The fraction of sp³-hybridized carbons (Fsp3) is 0.750. The van der Waals surface area contributed by atoms with Crippen LogP contribution < -0.4 is 5.73 Å². The molecule has 0 spiro atoms. The van der Waals surface area contributed by atoms with Crippen molar-refractivity contribution < 1.29 is 30.7 Å². The Balaban J connectivity index is 0. The second-order valence-corrected chi connectivity index (χ2v) is 3.17. The van der Waals surface area contributed by atoms with Gasteiger partial charge in [-0.25, -0.2) is 0 Å². The van der Waals surface area contributed by atoms with E-state index in [1.165, 1.54) is 0 Å². The first-order chi connectivity index (χ1) is 6.98. The van der Waals surface area contributed by atoms with Gasteiger partial charge >= 0.3 is 18.0 Å². The van der Waals surface area contributed by atoms with Crippen molar-refractivity contribution in [2.24, 2.45) is 5.73 Å². The maximum absolute atomic E-state index is 12.8. The zero-order valence-electron chi connectivity index (χ0n) is 8.41. The molecule has 0 aromatic heterocycles. The molecule has 9 heteroatoms. The van der Waals surface area contributed by atoms with Crippen LogP contribution in [0.5, 0.6) is 0 Å². The summed E-state index contributed by atoms with van der Waals surface area (Å²) in [5.74, 6) is -11.5. The highest BCUT2D eigenvalue weighted by Gasteiger charge is 2.74. The van der Waals surface area contributed by atoms with Crippen molar-refractivity contribution >= 4 is 12.4 Å². The van der Waals surface area contributed by atoms with Crippen LogP contribution in [0, 0.1) is 0 Å². The lowest BCUT2D eigenvalue weighted by Gasteiger charge is -2.32. The maximum atomic E-state index is 12.8. The van der Waals surface area contributed by atoms with Gasteiger partial charge in [-0.15, -0.1) is 19.0 Å². The Labute approximate surface area is 99.3 Å². The maximum Gasteiger partial charge on any atom is 0.459 e. The lowest BCUT2D eigenvalue weighted by atomic mass is 9.99. The summed E-state index contributed by atoms with van der Waals surface area (Å²) in [6, 6.07) is -2.58. The summed E-state index contributed by atoms with van der Waals surface area (Å²) in [7, 11) is 0. The molecule has 0 unspecified atom stereocenters. The van der Waals surface area contributed by atoms with E-state index in [9.17, 15) is 30.7 Å². The van der Waals surface area contributed by atoms with E-state index < -0.39 is 30.5 Å². The molecule has 104 valence electrons. The number of hydrogen-bond acceptors (Lipinski definition) is 1. The normalized spacial score (nSPS) is 15.1. The van der Waals surface area contributed by atoms with Gasteiger partial charge in [0.2, 0.25) is 0 Å². The fourth-order valence-corrected chi connectivity index (χ4v) is 0.901. The summed E-state index contributed by atoms with van der Waals surface area (Å²) in [4.78, 5) is 0. The zero-order valence-corrected chi connectivity index (χ0v) is 9.22. The van der Waals surface area contributed by atoms with Crippen LogP contribution in [0.25, 0.3) is 0 Å². The third-order valence-electron chi connectivity index (χ3n) is 1.92. The number of rotatable bonds is 5. The predicted molar refractivity (Wildman–Crippen MR) is 50.6 cm³/mol. The average Bonchev–Trinajstić information content (AvgIpc) is 2.11. The molecule has 0 heterocycles. The van der Waals surface area contributed by atoms with E-state index in [0.717, 1.165) is 6.08 Å². The minimum atomic E-state index is -6.33. The summed E-state index contributed by atoms with van der Waals surface area (Å²) in [5, 5.41) is 0. The molecule has 0 aliphatic carbocycles. The Morgan fingerprint density at radius 1 is 1.06 bits per heavy atom. The van der Waals surface area contributed by atoms with Crippen LogP contribution in [-0.2, 0) is 0 Å². The molecule has 0 radical (unpaired) electrons. The van der Waals surface area contributed by atoms with Crippen LogP contribution in [0.3, 0.4) is 0 Å². The second-order valence-electron chi connectivity index (χ2n) is 3.17. The average molecular weight is 290 g/mol. The van der Waals surface area contributed by atoms with E-state index in [0.29, 0.717) is 0 Å². The van der Waals surface area contributed by atoms with Gasteiger partial charge in [-0.1, -0.05) is 6.08 Å². The number of allylic oxidation sites excluding steroid dienone is 1. The Kier molecular flexibility index (Phi) is 6.54. The van der Waals surface area contributed by atoms with E-state index in [-0.39, 0.29) is 18.8 Å². The van der Waals surface area contributed by atoms with Crippen LogP contribution >= 0.6 is 12.4 Å². The van der Waals surface area contributed by atoms with E-state index in [2.05, 4.69) is 12.3 Å². The largest absolute Gasteiger partial charge is 0.459 e. The third-order valence-corrected chi connectivity index (χ3v) is 1.92. The monoisotopic (exact) mass is 289 g/mol. The van der Waals surface area contributed by atoms with Gasteiger partial charge in [-0.2, -0.15) is 30.7 Å². The van der Waals surface area contributed by atoms with Crippen molar-refractivity contribution in [3.8, 4) is 0 Å². The Morgan fingerprint density at radius 3 is 1.76 bits per heavy atom.